The van der Waals surface area contributed by atoms with E-state index in [2.05, 4.69) is 19.2 Å². The molecule has 1 aliphatic carbocycles. The van der Waals surface area contributed by atoms with E-state index in [1.54, 1.807) is 7.11 Å². The molecule has 0 amide bonds. The number of hydrogen-bond donors (Lipinski definition) is 1. The van der Waals surface area contributed by atoms with Gasteiger partial charge in [-0.05, 0) is 37.2 Å². The van der Waals surface area contributed by atoms with Gasteiger partial charge in [-0.3, -0.25) is 0 Å². The maximum Gasteiger partial charge on any atom is 0.128 e. The van der Waals surface area contributed by atoms with Gasteiger partial charge in [-0.25, -0.2) is 0 Å². The van der Waals surface area contributed by atoms with Gasteiger partial charge in [0.15, 0.2) is 0 Å². The van der Waals surface area contributed by atoms with E-state index in [1.807, 2.05) is 24.3 Å². The first-order chi connectivity index (χ1) is 9.78. The molecular weight excluding hydrogens is 254 g/mol. The van der Waals surface area contributed by atoms with Crippen LogP contribution >= 0.6 is 0 Å². The minimum absolute atomic E-state index is 0.138. The van der Waals surface area contributed by atoms with E-state index in [4.69, 9.17) is 14.2 Å². The third-order valence-corrected chi connectivity index (χ3v) is 3.58. The fourth-order valence-electron chi connectivity index (χ4n) is 2.47. The Morgan fingerprint density at radius 1 is 1.15 bits per heavy atom. The summed E-state index contributed by atoms with van der Waals surface area (Å²) < 4.78 is 17.1. The lowest BCUT2D eigenvalue weighted by molar-refractivity contribution is -0.107. The van der Waals surface area contributed by atoms with E-state index >= 15 is 0 Å². The molecule has 0 aromatic heterocycles. The molecule has 20 heavy (non-hydrogen) atoms. The molecule has 3 atom stereocenters. The molecule has 1 aromatic rings. The van der Waals surface area contributed by atoms with Gasteiger partial charge in [0.05, 0.1) is 7.11 Å². The molecule has 0 aliphatic heterocycles. The molecule has 1 aliphatic rings. The Kier molecular flexibility index (Phi) is 5.68. The van der Waals surface area contributed by atoms with Crippen molar-refractivity contribution in [2.75, 3.05) is 20.3 Å². The summed E-state index contributed by atoms with van der Waals surface area (Å²) in [6.07, 6.45) is 2.31. The summed E-state index contributed by atoms with van der Waals surface area (Å²) >= 11 is 0. The maximum atomic E-state index is 6.02. The number of hydrogen-bond acceptors (Lipinski definition) is 4. The van der Waals surface area contributed by atoms with Crippen molar-refractivity contribution in [3.63, 3.8) is 0 Å². The Morgan fingerprint density at radius 3 is 2.45 bits per heavy atom. The van der Waals surface area contributed by atoms with Crippen LogP contribution < -0.4 is 14.8 Å². The molecule has 4 heteroatoms. The van der Waals surface area contributed by atoms with Gasteiger partial charge in [-0.15, -0.1) is 0 Å². The van der Waals surface area contributed by atoms with E-state index in [0.29, 0.717) is 6.04 Å². The van der Waals surface area contributed by atoms with Crippen LogP contribution in [0.1, 0.15) is 26.7 Å². The van der Waals surface area contributed by atoms with Crippen molar-refractivity contribution in [2.24, 2.45) is 0 Å². The van der Waals surface area contributed by atoms with Gasteiger partial charge in [0, 0.05) is 19.1 Å². The highest BCUT2D eigenvalue weighted by atomic mass is 16.5. The Balaban J connectivity index is 1.90. The van der Waals surface area contributed by atoms with E-state index in [-0.39, 0.29) is 12.2 Å². The molecule has 2 rings (SSSR count). The zero-order valence-electron chi connectivity index (χ0n) is 12.6. The lowest BCUT2D eigenvalue weighted by Crippen LogP contribution is -2.61. The summed E-state index contributed by atoms with van der Waals surface area (Å²) in [7, 11) is 1.66. The summed E-state index contributed by atoms with van der Waals surface area (Å²) in [5.74, 6) is 1.71. The maximum absolute atomic E-state index is 6.02. The highest BCUT2D eigenvalue weighted by Gasteiger charge is 2.43. The smallest absolute Gasteiger partial charge is 0.128 e. The molecule has 1 saturated carbocycles. The summed E-state index contributed by atoms with van der Waals surface area (Å²) in [5.41, 5.74) is 0. The predicted molar refractivity (Wildman–Crippen MR) is 79.5 cm³/mol. The number of rotatable bonds is 8. The fourth-order valence-corrected chi connectivity index (χ4v) is 2.47. The predicted octanol–water partition coefficient (Wildman–Crippen LogP) is 2.62. The standard InChI is InChI=1S/C16H25NO3/c1-4-10-19-16-14(17-5-2)11-15(16)20-13-8-6-12(18-3)7-9-13/h6-9,14-17H,4-5,10-11H2,1-3H3. The highest BCUT2D eigenvalue weighted by molar-refractivity contribution is 5.31. The molecule has 1 fully saturated rings. The topological polar surface area (TPSA) is 39.7 Å². The molecule has 3 unspecified atom stereocenters. The first-order valence-electron chi connectivity index (χ1n) is 7.44. The molecule has 0 heterocycles. The Hall–Kier alpha value is -1.26. The van der Waals surface area contributed by atoms with Crippen molar-refractivity contribution in [3.05, 3.63) is 24.3 Å². The first-order valence-corrected chi connectivity index (χ1v) is 7.44. The van der Waals surface area contributed by atoms with Gasteiger partial charge in [-0.1, -0.05) is 13.8 Å². The molecule has 0 spiro atoms. The summed E-state index contributed by atoms with van der Waals surface area (Å²) in [5, 5.41) is 3.45. The van der Waals surface area contributed by atoms with Crippen molar-refractivity contribution in [3.8, 4) is 11.5 Å². The monoisotopic (exact) mass is 279 g/mol. The van der Waals surface area contributed by atoms with Gasteiger partial charge in [0.2, 0.25) is 0 Å². The average molecular weight is 279 g/mol. The summed E-state index contributed by atoms with van der Waals surface area (Å²) in [6.45, 7) is 6.00. The van der Waals surface area contributed by atoms with Gasteiger partial charge >= 0.3 is 0 Å². The minimum Gasteiger partial charge on any atom is -0.497 e. The number of methoxy groups -OCH3 is 1. The van der Waals surface area contributed by atoms with Crippen molar-refractivity contribution < 1.29 is 14.2 Å². The first kappa shape index (κ1) is 15.1. The summed E-state index contributed by atoms with van der Waals surface area (Å²) in [4.78, 5) is 0. The van der Waals surface area contributed by atoms with Gasteiger partial charge in [0.25, 0.3) is 0 Å². The lowest BCUT2D eigenvalue weighted by Gasteiger charge is -2.44. The van der Waals surface area contributed by atoms with Crippen molar-refractivity contribution in [2.45, 2.75) is 44.9 Å². The van der Waals surface area contributed by atoms with Crippen LogP contribution in [0.5, 0.6) is 11.5 Å². The largest absolute Gasteiger partial charge is 0.497 e. The molecule has 1 aromatic carbocycles. The van der Waals surface area contributed by atoms with E-state index < -0.39 is 0 Å². The lowest BCUT2D eigenvalue weighted by atomic mass is 9.85. The van der Waals surface area contributed by atoms with Gasteiger partial charge < -0.3 is 19.5 Å². The number of benzene rings is 1. The molecule has 0 bridgehead atoms. The van der Waals surface area contributed by atoms with Gasteiger partial charge in [-0.2, -0.15) is 0 Å². The third kappa shape index (κ3) is 3.64. The van der Waals surface area contributed by atoms with Crippen molar-refractivity contribution in [1.29, 1.82) is 0 Å². The minimum atomic E-state index is 0.138. The zero-order valence-corrected chi connectivity index (χ0v) is 12.6. The second-order valence-electron chi connectivity index (χ2n) is 5.07. The van der Waals surface area contributed by atoms with Crippen LogP contribution in [-0.4, -0.2) is 38.5 Å². The van der Waals surface area contributed by atoms with Crippen LogP contribution in [0, 0.1) is 0 Å². The van der Waals surface area contributed by atoms with Crippen LogP contribution in [0.2, 0.25) is 0 Å². The van der Waals surface area contributed by atoms with Crippen LogP contribution in [0.25, 0.3) is 0 Å². The Morgan fingerprint density at radius 2 is 1.85 bits per heavy atom. The van der Waals surface area contributed by atoms with E-state index in [0.717, 1.165) is 37.5 Å². The zero-order chi connectivity index (χ0) is 14.4. The van der Waals surface area contributed by atoms with Crippen LogP contribution in [0.15, 0.2) is 24.3 Å². The number of ether oxygens (including phenoxy) is 3. The average Bonchev–Trinajstić information content (AvgIpc) is 2.47. The molecular formula is C16H25NO3. The normalized spacial score (nSPS) is 25.1. The molecule has 0 radical (unpaired) electrons. The van der Waals surface area contributed by atoms with Crippen LogP contribution in [-0.2, 0) is 4.74 Å². The number of nitrogens with one attached hydrogen (secondary N) is 1. The van der Waals surface area contributed by atoms with Crippen LogP contribution in [0.3, 0.4) is 0 Å². The van der Waals surface area contributed by atoms with Crippen molar-refractivity contribution in [1.82, 2.24) is 5.32 Å². The third-order valence-electron chi connectivity index (χ3n) is 3.58. The van der Waals surface area contributed by atoms with E-state index in [1.165, 1.54) is 0 Å². The summed E-state index contributed by atoms with van der Waals surface area (Å²) in [6, 6.07) is 8.12. The second-order valence-corrected chi connectivity index (χ2v) is 5.07. The fraction of sp³-hybridized carbons (Fsp3) is 0.625. The quantitative estimate of drug-likeness (QED) is 0.794. The molecule has 1 N–H and O–H groups in total. The van der Waals surface area contributed by atoms with Gasteiger partial charge in [0.1, 0.15) is 23.7 Å². The second kappa shape index (κ2) is 7.50. The molecule has 0 saturated heterocycles. The molecule has 112 valence electrons. The number of likely N-dealkylation sites (N-methyl/N-ethyl adjacent to an activating group) is 1. The highest BCUT2D eigenvalue weighted by Crippen LogP contribution is 2.30. The Bertz CT molecular complexity index is 393. The SMILES string of the molecule is CCCOC1C(NCC)CC1Oc1ccc(OC)cc1. The Labute approximate surface area is 121 Å². The van der Waals surface area contributed by atoms with E-state index in [9.17, 15) is 0 Å². The van der Waals surface area contributed by atoms with Crippen LogP contribution in [0.4, 0.5) is 0 Å². The molecule has 4 nitrogen and oxygen atoms in total. The van der Waals surface area contributed by atoms with Crippen molar-refractivity contribution >= 4 is 0 Å².